The van der Waals surface area contributed by atoms with Gasteiger partial charge in [0, 0.05) is 38.9 Å². The molecule has 0 saturated heterocycles. The number of benzene rings is 8. The number of hydrogen-bond acceptors (Lipinski definition) is 1. The van der Waals surface area contributed by atoms with Crippen molar-refractivity contribution in [3.05, 3.63) is 181 Å². The van der Waals surface area contributed by atoms with Crippen LogP contribution in [0.25, 0.3) is 71.6 Å². The van der Waals surface area contributed by atoms with Crippen molar-refractivity contribution in [3.8, 4) is 39.1 Å². The Bertz CT molecular complexity index is 2870. The van der Waals surface area contributed by atoms with Crippen LogP contribution in [0.5, 0.6) is 0 Å². The highest BCUT2D eigenvalue weighted by atomic mass is 15.1. The van der Waals surface area contributed by atoms with Crippen molar-refractivity contribution in [2.24, 2.45) is 0 Å². The highest BCUT2D eigenvalue weighted by Gasteiger charge is 2.35. The van der Waals surface area contributed by atoms with Crippen molar-refractivity contribution in [1.82, 2.24) is 4.57 Å². The van der Waals surface area contributed by atoms with E-state index in [0.717, 1.165) is 22.7 Å². The molecule has 51 heavy (non-hydrogen) atoms. The van der Waals surface area contributed by atoms with E-state index in [2.05, 4.69) is 193 Å². The Balaban J connectivity index is 1.10. The molecule has 240 valence electrons. The quantitative estimate of drug-likeness (QED) is 0.184. The van der Waals surface area contributed by atoms with Gasteiger partial charge in [0.2, 0.25) is 0 Å². The number of nitrogens with zero attached hydrogens (tertiary/aromatic N) is 2. The topological polar surface area (TPSA) is 8.17 Å². The molecule has 2 aliphatic rings. The maximum atomic E-state index is 2.46. The summed E-state index contributed by atoms with van der Waals surface area (Å²) in [6.07, 6.45) is 0. The first-order valence-electron chi connectivity index (χ1n) is 17.9. The van der Waals surface area contributed by atoms with Crippen molar-refractivity contribution >= 4 is 49.6 Å². The maximum Gasteiger partial charge on any atom is 0.0547 e. The molecule has 0 amide bonds. The summed E-state index contributed by atoms with van der Waals surface area (Å²) in [7, 11) is 0. The molecule has 0 unspecified atom stereocenters. The Kier molecular flexibility index (Phi) is 5.76. The molecule has 1 aromatic heterocycles. The van der Waals surface area contributed by atoms with Crippen molar-refractivity contribution in [2.75, 3.05) is 4.90 Å². The summed E-state index contributed by atoms with van der Waals surface area (Å²) in [5, 5.41) is 5.28. The average Bonchev–Trinajstić information content (AvgIpc) is 3.59. The van der Waals surface area contributed by atoms with Crippen LogP contribution in [0.1, 0.15) is 25.0 Å². The molecule has 1 heterocycles. The predicted molar refractivity (Wildman–Crippen MR) is 215 cm³/mol. The lowest BCUT2D eigenvalue weighted by molar-refractivity contribution is 0.660. The molecule has 2 heteroatoms. The minimum atomic E-state index is -0.0727. The molecule has 0 bridgehead atoms. The van der Waals surface area contributed by atoms with Crippen LogP contribution in [0.4, 0.5) is 17.1 Å². The summed E-state index contributed by atoms with van der Waals surface area (Å²) in [4.78, 5) is 2.39. The average molecular weight is 651 g/mol. The summed E-state index contributed by atoms with van der Waals surface area (Å²) in [5.74, 6) is 0. The van der Waals surface area contributed by atoms with Crippen LogP contribution < -0.4 is 4.90 Å². The zero-order valence-electron chi connectivity index (χ0n) is 28.6. The predicted octanol–water partition coefficient (Wildman–Crippen LogP) is 13.4. The summed E-state index contributed by atoms with van der Waals surface area (Å²) >= 11 is 0. The van der Waals surface area contributed by atoms with E-state index in [1.165, 1.54) is 77.1 Å². The smallest absolute Gasteiger partial charge is 0.0547 e. The third-order valence-electron chi connectivity index (χ3n) is 11.5. The number of fused-ring (bicyclic) bond motifs is 6. The monoisotopic (exact) mass is 650 g/mol. The van der Waals surface area contributed by atoms with Crippen LogP contribution in [0.3, 0.4) is 0 Å². The van der Waals surface area contributed by atoms with Crippen LogP contribution in [0.15, 0.2) is 170 Å². The van der Waals surface area contributed by atoms with E-state index in [0.29, 0.717) is 0 Å². The second kappa shape index (κ2) is 10.3. The van der Waals surface area contributed by atoms with E-state index < -0.39 is 0 Å². The lowest BCUT2D eigenvalue weighted by Gasteiger charge is -2.28. The Morgan fingerprint density at radius 1 is 0.392 bits per heavy atom. The van der Waals surface area contributed by atoms with Gasteiger partial charge in [-0.1, -0.05) is 123 Å². The summed E-state index contributed by atoms with van der Waals surface area (Å²) < 4.78 is 2.46. The molecule has 9 aromatic rings. The first kappa shape index (κ1) is 28.5. The molecular weight excluding hydrogens is 617 g/mol. The Labute approximate surface area is 297 Å². The van der Waals surface area contributed by atoms with Gasteiger partial charge in [-0.3, -0.25) is 0 Å². The molecule has 0 aliphatic heterocycles. The maximum absolute atomic E-state index is 2.46. The Morgan fingerprint density at radius 2 is 0.980 bits per heavy atom. The molecule has 8 aromatic carbocycles. The van der Waals surface area contributed by atoms with Gasteiger partial charge in [0.05, 0.1) is 11.0 Å². The first-order valence-corrected chi connectivity index (χ1v) is 17.9. The second-order valence-corrected chi connectivity index (χ2v) is 14.5. The molecule has 0 fully saturated rings. The van der Waals surface area contributed by atoms with Gasteiger partial charge in [-0.2, -0.15) is 0 Å². The van der Waals surface area contributed by atoms with E-state index in [1.54, 1.807) is 0 Å². The van der Waals surface area contributed by atoms with Gasteiger partial charge in [-0.25, -0.2) is 0 Å². The molecule has 0 saturated carbocycles. The van der Waals surface area contributed by atoms with Gasteiger partial charge >= 0.3 is 0 Å². The van der Waals surface area contributed by atoms with Gasteiger partial charge in [-0.15, -0.1) is 0 Å². The fraction of sp³-hybridized carbons (Fsp3) is 0.0612. The van der Waals surface area contributed by atoms with Crippen molar-refractivity contribution < 1.29 is 0 Å². The molecular formula is C49H34N2. The highest BCUT2D eigenvalue weighted by molar-refractivity contribution is 6.30. The molecule has 2 aliphatic carbocycles. The third-order valence-corrected chi connectivity index (χ3v) is 11.5. The largest absolute Gasteiger partial charge is 0.310 e. The lowest BCUT2D eigenvalue weighted by atomic mass is 9.82. The van der Waals surface area contributed by atoms with Crippen LogP contribution in [-0.2, 0) is 5.41 Å². The standard InChI is InChI=1S/C49H34N2/c1-49(2)42-20-9-8-17-38(42)39-28-27-35(30-43(39)49)50(32-13-4-3-5-14-32)33-23-25-34(26-24-33)51-44-21-11-19-41-37-16-7-6-15-36(37)40-18-10-12-31-22-29-45(51)48(46(31)40)47(41)44/h3-30H,1-2H3. The number of aromatic nitrogens is 1. The van der Waals surface area contributed by atoms with Gasteiger partial charge in [-0.05, 0) is 116 Å². The summed E-state index contributed by atoms with van der Waals surface area (Å²) in [5.41, 5.74) is 17.6. The SMILES string of the molecule is CC1(C)c2ccccc2-c2ccc(N(c3ccccc3)c3ccc(-n4c5cccc6c5c5c7c(cccc7ccc54)-c4ccccc4-6)cc3)cc21. The Hall–Kier alpha value is -6.38. The van der Waals surface area contributed by atoms with Crippen molar-refractivity contribution in [2.45, 2.75) is 19.3 Å². The minimum Gasteiger partial charge on any atom is -0.310 e. The number of hydrogen-bond donors (Lipinski definition) is 0. The molecule has 0 spiro atoms. The van der Waals surface area contributed by atoms with Crippen LogP contribution >= 0.6 is 0 Å². The number of rotatable bonds is 4. The molecule has 0 N–H and O–H groups in total. The van der Waals surface area contributed by atoms with Crippen molar-refractivity contribution in [1.29, 1.82) is 0 Å². The van der Waals surface area contributed by atoms with Crippen LogP contribution in [0.2, 0.25) is 0 Å². The number of anilines is 3. The fourth-order valence-corrected chi connectivity index (χ4v) is 9.21. The van der Waals surface area contributed by atoms with E-state index in [1.807, 2.05) is 0 Å². The van der Waals surface area contributed by atoms with Crippen LogP contribution in [0, 0.1) is 0 Å². The first-order chi connectivity index (χ1) is 25.1. The van der Waals surface area contributed by atoms with Gasteiger partial charge in [0.1, 0.15) is 0 Å². The zero-order chi connectivity index (χ0) is 33.8. The van der Waals surface area contributed by atoms with E-state index >= 15 is 0 Å². The molecule has 0 radical (unpaired) electrons. The van der Waals surface area contributed by atoms with Gasteiger partial charge in [0.15, 0.2) is 0 Å². The molecule has 2 nitrogen and oxygen atoms in total. The third kappa shape index (κ3) is 3.88. The second-order valence-electron chi connectivity index (χ2n) is 14.5. The molecule has 0 atom stereocenters. The number of para-hydroxylation sites is 1. The highest BCUT2D eigenvalue weighted by Crippen LogP contribution is 2.52. The Morgan fingerprint density at radius 3 is 1.76 bits per heavy atom. The van der Waals surface area contributed by atoms with E-state index in [-0.39, 0.29) is 5.41 Å². The summed E-state index contributed by atoms with van der Waals surface area (Å²) in [6, 6.07) is 62.8. The lowest BCUT2D eigenvalue weighted by Crippen LogP contribution is -2.16. The molecule has 11 rings (SSSR count). The van der Waals surface area contributed by atoms with Gasteiger partial charge < -0.3 is 9.47 Å². The zero-order valence-corrected chi connectivity index (χ0v) is 28.6. The normalized spacial score (nSPS) is 13.5. The summed E-state index contributed by atoms with van der Waals surface area (Å²) in [6.45, 7) is 4.70. The van der Waals surface area contributed by atoms with Crippen molar-refractivity contribution in [3.63, 3.8) is 0 Å². The van der Waals surface area contributed by atoms with E-state index in [4.69, 9.17) is 0 Å². The minimum absolute atomic E-state index is 0.0727. The van der Waals surface area contributed by atoms with Crippen LogP contribution in [-0.4, -0.2) is 4.57 Å². The fourth-order valence-electron chi connectivity index (χ4n) is 9.21. The van der Waals surface area contributed by atoms with Gasteiger partial charge in [0.25, 0.3) is 0 Å². The van der Waals surface area contributed by atoms with E-state index in [9.17, 15) is 0 Å².